The van der Waals surface area contributed by atoms with Gasteiger partial charge in [0, 0.05) is 6.04 Å². The van der Waals surface area contributed by atoms with Crippen LogP contribution in [-0.2, 0) is 13.0 Å². The summed E-state index contributed by atoms with van der Waals surface area (Å²) in [5, 5.41) is 3.47. The summed E-state index contributed by atoms with van der Waals surface area (Å²) < 4.78 is 5.30. The average molecular weight is 229 g/mol. The van der Waals surface area contributed by atoms with Crippen LogP contribution < -0.4 is 5.32 Å². The molecule has 2 aromatic rings. The van der Waals surface area contributed by atoms with Crippen molar-refractivity contribution < 1.29 is 4.42 Å². The van der Waals surface area contributed by atoms with Gasteiger partial charge in [0.1, 0.15) is 5.76 Å². The van der Waals surface area contributed by atoms with E-state index in [-0.39, 0.29) is 0 Å². The molecule has 1 unspecified atom stereocenters. The minimum atomic E-state index is 0.446. The highest BCUT2D eigenvalue weighted by Crippen LogP contribution is 2.10. The van der Waals surface area contributed by atoms with Crippen molar-refractivity contribution in [3.63, 3.8) is 0 Å². The van der Waals surface area contributed by atoms with Crippen molar-refractivity contribution in [3.8, 4) is 0 Å². The van der Waals surface area contributed by atoms with Crippen LogP contribution in [0.5, 0.6) is 0 Å². The third-order valence-electron chi connectivity index (χ3n) is 2.99. The Morgan fingerprint density at radius 3 is 2.71 bits per heavy atom. The number of aryl methyl sites for hydroxylation is 1. The molecule has 90 valence electrons. The molecule has 0 aliphatic carbocycles. The summed E-state index contributed by atoms with van der Waals surface area (Å²) in [4.78, 5) is 0. The number of furan rings is 1. The van der Waals surface area contributed by atoms with Crippen molar-refractivity contribution in [1.82, 2.24) is 5.32 Å². The fraction of sp³-hybridized carbons (Fsp3) is 0.333. The Labute approximate surface area is 103 Å². The molecule has 0 bridgehead atoms. The first-order valence-electron chi connectivity index (χ1n) is 6.06. The molecule has 0 fully saturated rings. The molecule has 0 aliphatic heterocycles. The number of rotatable bonds is 5. The molecule has 0 radical (unpaired) electrons. The molecule has 1 aromatic heterocycles. The van der Waals surface area contributed by atoms with Gasteiger partial charge in [0.25, 0.3) is 0 Å². The maximum Gasteiger partial charge on any atom is 0.117 e. The van der Waals surface area contributed by atoms with E-state index in [1.165, 1.54) is 11.1 Å². The van der Waals surface area contributed by atoms with Crippen LogP contribution in [0, 0.1) is 6.92 Å². The molecule has 1 N–H and O–H groups in total. The van der Waals surface area contributed by atoms with Gasteiger partial charge in [0.05, 0.1) is 12.8 Å². The topological polar surface area (TPSA) is 25.2 Å². The van der Waals surface area contributed by atoms with Crippen molar-refractivity contribution in [1.29, 1.82) is 0 Å². The standard InChI is InChI=1S/C15H19NO/c1-12-6-3-4-7-14(12)10-13(2)16-11-15-8-5-9-17-15/h3-9,13,16H,10-11H2,1-2H3. The third kappa shape index (κ3) is 3.46. The van der Waals surface area contributed by atoms with E-state index in [0.29, 0.717) is 6.04 Å². The fourth-order valence-corrected chi connectivity index (χ4v) is 1.93. The zero-order valence-corrected chi connectivity index (χ0v) is 10.4. The Bertz CT molecular complexity index is 448. The van der Waals surface area contributed by atoms with Gasteiger partial charge in [-0.25, -0.2) is 0 Å². The molecule has 1 heterocycles. The van der Waals surface area contributed by atoms with Gasteiger partial charge in [-0.3, -0.25) is 0 Å². The van der Waals surface area contributed by atoms with Crippen molar-refractivity contribution in [2.75, 3.05) is 0 Å². The number of hydrogen-bond donors (Lipinski definition) is 1. The molecular formula is C15H19NO. The first-order chi connectivity index (χ1) is 8.25. The van der Waals surface area contributed by atoms with Crippen molar-refractivity contribution in [3.05, 3.63) is 59.5 Å². The molecule has 0 saturated heterocycles. The van der Waals surface area contributed by atoms with E-state index in [4.69, 9.17) is 4.42 Å². The first-order valence-corrected chi connectivity index (χ1v) is 6.06. The van der Waals surface area contributed by atoms with Gasteiger partial charge in [-0.05, 0) is 43.5 Å². The maximum atomic E-state index is 5.30. The fourth-order valence-electron chi connectivity index (χ4n) is 1.93. The van der Waals surface area contributed by atoms with Crippen LogP contribution in [0.15, 0.2) is 47.1 Å². The zero-order valence-electron chi connectivity index (χ0n) is 10.4. The summed E-state index contributed by atoms with van der Waals surface area (Å²) in [6.45, 7) is 5.16. The normalized spacial score (nSPS) is 12.6. The summed E-state index contributed by atoms with van der Waals surface area (Å²) >= 11 is 0. The maximum absolute atomic E-state index is 5.30. The van der Waals surface area contributed by atoms with E-state index >= 15 is 0 Å². The molecule has 0 spiro atoms. The van der Waals surface area contributed by atoms with Crippen molar-refractivity contribution in [2.45, 2.75) is 32.9 Å². The molecule has 0 aliphatic rings. The smallest absolute Gasteiger partial charge is 0.117 e. The number of benzene rings is 1. The lowest BCUT2D eigenvalue weighted by atomic mass is 10.0. The Morgan fingerprint density at radius 2 is 2.00 bits per heavy atom. The van der Waals surface area contributed by atoms with Crippen LogP contribution in [0.25, 0.3) is 0 Å². The van der Waals surface area contributed by atoms with Crippen molar-refractivity contribution >= 4 is 0 Å². The largest absolute Gasteiger partial charge is 0.468 e. The average Bonchev–Trinajstić information content (AvgIpc) is 2.82. The van der Waals surface area contributed by atoms with Gasteiger partial charge < -0.3 is 9.73 Å². The predicted molar refractivity (Wildman–Crippen MR) is 69.9 cm³/mol. The van der Waals surface area contributed by atoms with E-state index in [1.54, 1.807) is 6.26 Å². The predicted octanol–water partition coefficient (Wildman–Crippen LogP) is 3.31. The summed E-state index contributed by atoms with van der Waals surface area (Å²) in [5.41, 5.74) is 2.77. The zero-order chi connectivity index (χ0) is 12.1. The summed E-state index contributed by atoms with van der Waals surface area (Å²) in [5.74, 6) is 0.988. The summed E-state index contributed by atoms with van der Waals surface area (Å²) in [6.07, 6.45) is 2.76. The van der Waals surface area contributed by atoms with E-state index in [9.17, 15) is 0 Å². The highest BCUT2D eigenvalue weighted by Gasteiger charge is 2.05. The van der Waals surface area contributed by atoms with Crippen LogP contribution >= 0.6 is 0 Å². The van der Waals surface area contributed by atoms with Gasteiger partial charge in [0.2, 0.25) is 0 Å². The van der Waals surface area contributed by atoms with Crippen LogP contribution in [0.4, 0.5) is 0 Å². The molecule has 17 heavy (non-hydrogen) atoms. The van der Waals surface area contributed by atoms with Crippen LogP contribution in [0.2, 0.25) is 0 Å². The van der Waals surface area contributed by atoms with Gasteiger partial charge in [-0.2, -0.15) is 0 Å². The van der Waals surface area contributed by atoms with Gasteiger partial charge >= 0.3 is 0 Å². The Hall–Kier alpha value is -1.54. The highest BCUT2D eigenvalue weighted by molar-refractivity contribution is 5.26. The SMILES string of the molecule is Cc1ccccc1CC(C)NCc1ccco1. The number of nitrogens with one attached hydrogen (secondary N) is 1. The lowest BCUT2D eigenvalue weighted by Gasteiger charge is -2.14. The second-order valence-corrected chi connectivity index (χ2v) is 4.49. The van der Waals surface area contributed by atoms with Gasteiger partial charge in [-0.15, -0.1) is 0 Å². The van der Waals surface area contributed by atoms with E-state index < -0.39 is 0 Å². The monoisotopic (exact) mass is 229 g/mol. The highest BCUT2D eigenvalue weighted by atomic mass is 16.3. The second kappa shape index (κ2) is 5.69. The molecule has 2 heteroatoms. The van der Waals surface area contributed by atoms with Crippen LogP contribution in [-0.4, -0.2) is 6.04 Å². The molecule has 1 atom stereocenters. The third-order valence-corrected chi connectivity index (χ3v) is 2.99. The van der Waals surface area contributed by atoms with E-state index in [0.717, 1.165) is 18.7 Å². The Morgan fingerprint density at radius 1 is 1.18 bits per heavy atom. The second-order valence-electron chi connectivity index (χ2n) is 4.49. The molecule has 0 saturated carbocycles. The molecule has 0 amide bonds. The lowest BCUT2D eigenvalue weighted by Crippen LogP contribution is -2.27. The Kier molecular flexibility index (Phi) is 3.99. The van der Waals surface area contributed by atoms with E-state index in [2.05, 4.69) is 43.4 Å². The van der Waals surface area contributed by atoms with E-state index in [1.807, 2.05) is 12.1 Å². The van der Waals surface area contributed by atoms with Crippen LogP contribution in [0.3, 0.4) is 0 Å². The quantitative estimate of drug-likeness (QED) is 0.851. The Balaban J connectivity index is 1.85. The van der Waals surface area contributed by atoms with Crippen LogP contribution in [0.1, 0.15) is 23.8 Å². The summed E-state index contributed by atoms with van der Waals surface area (Å²) in [7, 11) is 0. The molecular weight excluding hydrogens is 210 g/mol. The minimum Gasteiger partial charge on any atom is -0.468 e. The van der Waals surface area contributed by atoms with Gasteiger partial charge in [-0.1, -0.05) is 24.3 Å². The number of hydrogen-bond acceptors (Lipinski definition) is 2. The lowest BCUT2D eigenvalue weighted by molar-refractivity contribution is 0.453. The molecule has 1 aromatic carbocycles. The summed E-state index contributed by atoms with van der Waals surface area (Å²) in [6, 6.07) is 12.9. The minimum absolute atomic E-state index is 0.446. The van der Waals surface area contributed by atoms with Gasteiger partial charge in [0.15, 0.2) is 0 Å². The molecule has 2 nitrogen and oxygen atoms in total. The first kappa shape index (κ1) is 11.9. The molecule has 2 rings (SSSR count). The van der Waals surface area contributed by atoms with Crippen molar-refractivity contribution in [2.24, 2.45) is 0 Å².